The number of nitrogens with zero attached hydrogens (tertiary/aromatic N) is 1. The number of piperidine rings is 1. The molecule has 19 heavy (non-hydrogen) atoms. The van der Waals surface area contributed by atoms with Crippen LogP contribution < -0.4 is 5.73 Å². The average molecular weight is 268 g/mol. The monoisotopic (exact) mass is 268 g/mol. The zero-order valence-corrected chi connectivity index (χ0v) is 10.9. The number of nitrogens with two attached hydrogens (primary N) is 1. The SMILES string of the molecule is CCC1CN(C(=O)c2cccc(F)c2F)CCC1N. The van der Waals surface area contributed by atoms with Crippen LogP contribution in [0.25, 0.3) is 0 Å². The van der Waals surface area contributed by atoms with Gasteiger partial charge in [0.15, 0.2) is 11.6 Å². The summed E-state index contributed by atoms with van der Waals surface area (Å²) >= 11 is 0. The lowest BCUT2D eigenvalue weighted by molar-refractivity contribution is 0.0643. The highest BCUT2D eigenvalue weighted by Gasteiger charge is 2.30. The Balaban J connectivity index is 2.18. The molecule has 1 aromatic carbocycles. The number of carbonyl (C=O) groups excluding carboxylic acids is 1. The normalized spacial score (nSPS) is 23.5. The number of hydrogen-bond acceptors (Lipinski definition) is 2. The van der Waals surface area contributed by atoms with Crippen LogP contribution in [-0.4, -0.2) is 29.9 Å². The van der Waals surface area contributed by atoms with Crippen molar-refractivity contribution >= 4 is 5.91 Å². The molecule has 3 nitrogen and oxygen atoms in total. The molecule has 2 unspecified atom stereocenters. The molecule has 1 aromatic rings. The summed E-state index contributed by atoms with van der Waals surface area (Å²) in [7, 11) is 0. The molecular weight excluding hydrogens is 250 g/mol. The van der Waals surface area contributed by atoms with Gasteiger partial charge in [-0.1, -0.05) is 19.4 Å². The molecular formula is C14H18F2N2O. The lowest BCUT2D eigenvalue weighted by atomic mass is 9.90. The van der Waals surface area contributed by atoms with Crippen LogP contribution in [0.1, 0.15) is 30.1 Å². The average Bonchev–Trinajstić information content (AvgIpc) is 2.41. The maximum Gasteiger partial charge on any atom is 0.256 e. The highest BCUT2D eigenvalue weighted by Crippen LogP contribution is 2.21. The van der Waals surface area contributed by atoms with E-state index in [-0.39, 0.29) is 17.5 Å². The Bertz CT molecular complexity index is 479. The molecule has 0 aliphatic carbocycles. The van der Waals surface area contributed by atoms with E-state index < -0.39 is 17.5 Å². The molecule has 2 atom stereocenters. The van der Waals surface area contributed by atoms with Crippen molar-refractivity contribution in [1.29, 1.82) is 0 Å². The standard InChI is InChI=1S/C14H18F2N2O/c1-2-9-8-18(7-6-12(9)17)14(19)10-4-3-5-11(15)13(10)16/h3-5,9,12H,2,6-8,17H2,1H3. The summed E-state index contributed by atoms with van der Waals surface area (Å²) < 4.78 is 26.8. The Kier molecular flexibility index (Phi) is 4.14. The molecule has 1 aliphatic rings. The largest absolute Gasteiger partial charge is 0.338 e. The van der Waals surface area contributed by atoms with E-state index in [0.29, 0.717) is 19.5 Å². The molecule has 1 saturated heterocycles. The van der Waals surface area contributed by atoms with Crippen LogP contribution in [0, 0.1) is 17.6 Å². The molecule has 1 heterocycles. The molecule has 1 aliphatic heterocycles. The van der Waals surface area contributed by atoms with E-state index in [9.17, 15) is 13.6 Å². The fourth-order valence-corrected chi connectivity index (χ4v) is 2.51. The zero-order chi connectivity index (χ0) is 14.0. The summed E-state index contributed by atoms with van der Waals surface area (Å²) in [6.07, 6.45) is 1.57. The minimum Gasteiger partial charge on any atom is -0.338 e. The molecule has 1 amide bonds. The molecule has 2 rings (SSSR count). The van der Waals surface area contributed by atoms with Gasteiger partial charge >= 0.3 is 0 Å². The second kappa shape index (κ2) is 5.65. The van der Waals surface area contributed by atoms with E-state index in [4.69, 9.17) is 5.73 Å². The minimum atomic E-state index is -1.07. The van der Waals surface area contributed by atoms with Gasteiger partial charge < -0.3 is 10.6 Å². The van der Waals surface area contributed by atoms with Crippen molar-refractivity contribution in [3.8, 4) is 0 Å². The van der Waals surface area contributed by atoms with E-state index >= 15 is 0 Å². The van der Waals surface area contributed by atoms with Crippen LogP contribution in [0.3, 0.4) is 0 Å². The Hall–Kier alpha value is -1.49. The van der Waals surface area contributed by atoms with Crippen molar-refractivity contribution in [2.75, 3.05) is 13.1 Å². The lowest BCUT2D eigenvalue weighted by Crippen LogP contribution is -2.49. The van der Waals surface area contributed by atoms with E-state index in [1.54, 1.807) is 4.90 Å². The van der Waals surface area contributed by atoms with Gasteiger partial charge in [-0.2, -0.15) is 0 Å². The van der Waals surface area contributed by atoms with E-state index in [1.807, 2.05) is 6.92 Å². The molecule has 5 heteroatoms. The maximum absolute atomic E-state index is 13.6. The van der Waals surface area contributed by atoms with Gasteiger partial charge in [0, 0.05) is 19.1 Å². The van der Waals surface area contributed by atoms with Crippen LogP contribution in [0.4, 0.5) is 8.78 Å². The number of benzene rings is 1. The van der Waals surface area contributed by atoms with Gasteiger partial charge in [0.2, 0.25) is 0 Å². The third-order valence-corrected chi connectivity index (χ3v) is 3.79. The van der Waals surface area contributed by atoms with Gasteiger partial charge in [0.25, 0.3) is 5.91 Å². The topological polar surface area (TPSA) is 46.3 Å². The van der Waals surface area contributed by atoms with Crippen molar-refractivity contribution in [2.24, 2.45) is 11.7 Å². The van der Waals surface area contributed by atoms with E-state index in [2.05, 4.69) is 0 Å². The first-order chi connectivity index (χ1) is 9.04. The van der Waals surface area contributed by atoms with Gasteiger partial charge in [0.1, 0.15) is 0 Å². The summed E-state index contributed by atoms with van der Waals surface area (Å²) in [6, 6.07) is 3.74. The summed E-state index contributed by atoms with van der Waals surface area (Å²) in [4.78, 5) is 13.8. The quantitative estimate of drug-likeness (QED) is 0.893. The Morgan fingerprint density at radius 1 is 1.47 bits per heavy atom. The fraction of sp³-hybridized carbons (Fsp3) is 0.500. The summed E-state index contributed by atoms with van der Waals surface area (Å²) in [5, 5.41) is 0. The van der Waals surface area contributed by atoms with Crippen molar-refractivity contribution in [3.63, 3.8) is 0 Å². The first-order valence-corrected chi connectivity index (χ1v) is 6.53. The molecule has 104 valence electrons. The summed E-state index contributed by atoms with van der Waals surface area (Å²) in [6.45, 7) is 3.01. The zero-order valence-electron chi connectivity index (χ0n) is 10.9. The number of likely N-dealkylation sites (tertiary alicyclic amines) is 1. The van der Waals surface area contributed by atoms with Crippen molar-refractivity contribution in [3.05, 3.63) is 35.4 Å². The maximum atomic E-state index is 13.6. The number of hydrogen-bond donors (Lipinski definition) is 1. The predicted molar refractivity (Wildman–Crippen MR) is 68.6 cm³/mol. The van der Waals surface area contributed by atoms with Gasteiger partial charge in [-0.3, -0.25) is 4.79 Å². The number of amides is 1. The minimum absolute atomic E-state index is 0.0754. The van der Waals surface area contributed by atoms with Crippen LogP contribution in [0.2, 0.25) is 0 Å². The molecule has 0 aromatic heterocycles. The summed E-state index contributed by atoms with van der Waals surface area (Å²) in [5.41, 5.74) is 5.77. The van der Waals surface area contributed by atoms with Crippen LogP contribution in [0.15, 0.2) is 18.2 Å². The Morgan fingerprint density at radius 3 is 2.89 bits per heavy atom. The molecule has 0 saturated carbocycles. The number of halogens is 2. The Morgan fingerprint density at radius 2 is 2.21 bits per heavy atom. The third kappa shape index (κ3) is 2.76. The van der Waals surface area contributed by atoms with Crippen LogP contribution in [-0.2, 0) is 0 Å². The van der Waals surface area contributed by atoms with Gasteiger partial charge in [-0.25, -0.2) is 8.78 Å². The summed E-state index contributed by atoms with van der Waals surface area (Å²) in [5.74, 6) is -2.31. The number of carbonyl (C=O) groups is 1. The van der Waals surface area contributed by atoms with E-state index in [0.717, 1.165) is 12.5 Å². The fourth-order valence-electron chi connectivity index (χ4n) is 2.51. The predicted octanol–water partition coefficient (Wildman–Crippen LogP) is 2.16. The van der Waals surface area contributed by atoms with Crippen molar-refractivity contribution in [1.82, 2.24) is 4.90 Å². The highest BCUT2D eigenvalue weighted by atomic mass is 19.2. The van der Waals surface area contributed by atoms with Gasteiger partial charge in [-0.15, -0.1) is 0 Å². The molecule has 0 bridgehead atoms. The highest BCUT2D eigenvalue weighted by molar-refractivity contribution is 5.94. The second-order valence-electron chi connectivity index (χ2n) is 4.97. The second-order valence-corrected chi connectivity index (χ2v) is 4.97. The first-order valence-electron chi connectivity index (χ1n) is 6.53. The Labute approximate surface area is 111 Å². The first kappa shape index (κ1) is 13.9. The van der Waals surface area contributed by atoms with E-state index in [1.165, 1.54) is 12.1 Å². The van der Waals surface area contributed by atoms with Crippen LogP contribution >= 0.6 is 0 Å². The van der Waals surface area contributed by atoms with Crippen molar-refractivity contribution in [2.45, 2.75) is 25.8 Å². The molecule has 2 N–H and O–H groups in total. The van der Waals surface area contributed by atoms with Gasteiger partial charge in [-0.05, 0) is 24.5 Å². The molecule has 0 radical (unpaired) electrons. The molecule has 0 spiro atoms. The van der Waals surface area contributed by atoms with Gasteiger partial charge in [0.05, 0.1) is 5.56 Å². The third-order valence-electron chi connectivity index (χ3n) is 3.79. The van der Waals surface area contributed by atoms with Crippen molar-refractivity contribution < 1.29 is 13.6 Å². The lowest BCUT2D eigenvalue weighted by Gasteiger charge is -2.36. The van der Waals surface area contributed by atoms with Crippen LogP contribution in [0.5, 0.6) is 0 Å². The number of rotatable bonds is 2. The smallest absolute Gasteiger partial charge is 0.256 e. The molecule has 1 fully saturated rings.